The number of hydrogen-bond donors (Lipinski definition) is 1. The monoisotopic (exact) mass is 449 g/mol. The first kappa shape index (κ1) is 21.6. The summed E-state index contributed by atoms with van der Waals surface area (Å²) in [7, 11) is -3.66. The molecule has 0 unspecified atom stereocenters. The molecule has 1 aromatic heterocycles. The molecule has 0 aliphatic rings. The zero-order chi connectivity index (χ0) is 22.4. The van der Waals surface area contributed by atoms with E-state index >= 15 is 0 Å². The number of halogens is 1. The van der Waals surface area contributed by atoms with Gasteiger partial charge in [-0.1, -0.05) is 42.5 Å². The normalized spacial score (nSPS) is 11.3. The van der Waals surface area contributed by atoms with E-state index in [4.69, 9.17) is 4.74 Å². The van der Waals surface area contributed by atoms with Crippen LogP contribution in [0.5, 0.6) is 5.88 Å². The van der Waals surface area contributed by atoms with Crippen LogP contribution in [-0.4, -0.2) is 31.8 Å². The number of ether oxygens (including phenoxy) is 1. The first-order chi connectivity index (χ1) is 15.5. The van der Waals surface area contributed by atoms with Crippen molar-refractivity contribution < 1.29 is 17.5 Å². The smallest absolute Gasteiger partial charge is 0.240 e. The number of sulfonamides is 1. The molecule has 4 aromatic rings. The van der Waals surface area contributed by atoms with Crippen molar-refractivity contribution in [2.45, 2.75) is 4.90 Å². The molecule has 0 spiro atoms. The van der Waals surface area contributed by atoms with E-state index in [1.165, 1.54) is 12.1 Å². The van der Waals surface area contributed by atoms with Gasteiger partial charge in [-0.15, -0.1) is 10.2 Å². The maximum atomic E-state index is 13.0. The van der Waals surface area contributed by atoms with Gasteiger partial charge in [0.05, 0.1) is 10.6 Å². The predicted octanol–water partition coefficient (Wildman–Crippen LogP) is 4.31. The summed E-state index contributed by atoms with van der Waals surface area (Å²) in [5.74, 6) is -0.0569. The maximum Gasteiger partial charge on any atom is 0.240 e. The van der Waals surface area contributed by atoms with Gasteiger partial charge >= 0.3 is 0 Å². The fraction of sp³-hybridized carbons (Fsp3) is 0.0833. The van der Waals surface area contributed by atoms with Crippen LogP contribution >= 0.6 is 0 Å². The summed E-state index contributed by atoms with van der Waals surface area (Å²) in [6, 6.07) is 25.7. The lowest BCUT2D eigenvalue weighted by Gasteiger charge is -2.09. The first-order valence-electron chi connectivity index (χ1n) is 9.89. The molecular weight excluding hydrogens is 429 g/mol. The van der Waals surface area contributed by atoms with E-state index in [2.05, 4.69) is 14.9 Å². The number of rotatable bonds is 8. The molecule has 0 saturated heterocycles. The van der Waals surface area contributed by atoms with Gasteiger partial charge in [-0.3, -0.25) is 0 Å². The van der Waals surface area contributed by atoms with E-state index in [0.29, 0.717) is 5.69 Å². The zero-order valence-electron chi connectivity index (χ0n) is 17.0. The second-order valence-electron chi connectivity index (χ2n) is 6.90. The first-order valence-corrected chi connectivity index (χ1v) is 11.4. The van der Waals surface area contributed by atoms with E-state index in [1.807, 2.05) is 30.3 Å². The van der Waals surface area contributed by atoms with Gasteiger partial charge in [0.25, 0.3) is 0 Å². The third-order valence-corrected chi connectivity index (χ3v) is 6.17. The molecule has 32 heavy (non-hydrogen) atoms. The van der Waals surface area contributed by atoms with E-state index in [1.54, 1.807) is 48.5 Å². The second-order valence-corrected chi connectivity index (χ2v) is 8.67. The van der Waals surface area contributed by atoms with Gasteiger partial charge in [0, 0.05) is 18.2 Å². The van der Waals surface area contributed by atoms with Crippen LogP contribution in [-0.2, 0) is 10.0 Å². The minimum absolute atomic E-state index is 0.0736. The van der Waals surface area contributed by atoms with E-state index in [-0.39, 0.29) is 29.7 Å². The summed E-state index contributed by atoms with van der Waals surface area (Å²) in [4.78, 5) is 0.181. The van der Waals surface area contributed by atoms with Crippen LogP contribution in [0.2, 0.25) is 0 Å². The Morgan fingerprint density at radius 2 is 1.41 bits per heavy atom. The lowest BCUT2D eigenvalue weighted by atomic mass is 10.1. The molecule has 0 aliphatic heterocycles. The van der Waals surface area contributed by atoms with Crippen molar-refractivity contribution in [2.24, 2.45) is 0 Å². The minimum Gasteiger partial charge on any atom is -0.475 e. The molecule has 8 heteroatoms. The summed E-state index contributed by atoms with van der Waals surface area (Å²) in [6.45, 7) is 0.163. The molecule has 0 fully saturated rings. The van der Waals surface area contributed by atoms with Gasteiger partial charge in [0.15, 0.2) is 0 Å². The van der Waals surface area contributed by atoms with Gasteiger partial charge in [0.1, 0.15) is 12.4 Å². The molecule has 0 amide bonds. The van der Waals surface area contributed by atoms with Crippen LogP contribution in [0.1, 0.15) is 0 Å². The number of hydrogen-bond acceptors (Lipinski definition) is 5. The molecular formula is C24H20FN3O3S. The Morgan fingerprint density at radius 1 is 0.750 bits per heavy atom. The third-order valence-electron chi connectivity index (χ3n) is 4.70. The summed E-state index contributed by atoms with van der Waals surface area (Å²) >= 11 is 0. The van der Waals surface area contributed by atoms with Gasteiger partial charge in [-0.25, -0.2) is 17.5 Å². The number of aromatic nitrogens is 2. The van der Waals surface area contributed by atoms with Crippen molar-refractivity contribution in [1.29, 1.82) is 0 Å². The largest absolute Gasteiger partial charge is 0.475 e. The lowest BCUT2D eigenvalue weighted by molar-refractivity contribution is 0.307. The Kier molecular flexibility index (Phi) is 6.53. The number of benzene rings is 3. The summed E-state index contributed by atoms with van der Waals surface area (Å²) in [5.41, 5.74) is 3.27. The average molecular weight is 450 g/mol. The van der Waals surface area contributed by atoms with Crippen molar-refractivity contribution in [3.8, 4) is 28.3 Å². The molecule has 0 atom stereocenters. The van der Waals surface area contributed by atoms with Crippen molar-refractivity contribution in [2.75, 3.05) is 13.2 Å². The maximum absolute atomic E-state index is 13.0. The average Bonchev–Trinajstić information content (AvgIpc) is 2.83. The Labute approximate surface area is 185 Å². The van der Waals surface area contributed by atoms with Crippen molar-refractivity contribution in [3.63, 3.8) is 0 Å². The van der Waals surface area contributed by atoms with Gasteiger partial charge in [-0.2, -0.15) is 0 Å². The third kappa shape index (κ3) is 5.35. The minimum atomic E-state index is -3.66. The Hall–Kier alpha value is -3.62. The van der Waals surface area contributed by atoms with Crippen LogP contribution < -0.4 is 9.46 Å². The molecule has 0 radical (unpaired) electrons. The quantitative estimate of drug-likeness (QED) is 0.406. The number of nitrogens with zero attached hydrogens (tertiary/aromatic N) is 2. The van der Waals surface area contributed by atoms with E-state index < -0.39 is 10.0 Å². The molecule has 1 N–H and O–H groups in total. The molecule has 0 saturated carbocycles. The molecule has 0 aliphatic carbocycles. The Bertz CT molecular complexity index is 1260. The topological polar surface area (TPSA) is 81.2 Å². The van der Waals surface area contributed by atoms with Crippen LogP contribution in [0, 0.1) is 5.82 Å². The highest BCUT2D eigenvalue weighted by molar-refractivity contribution is 7.89. The summed E-state index contributed by atoms with van der Waals surface area (Å²) < 4.78 is 46.0. The highest BCUT2D eigenvalue weighted by atomic mass is 32.2. The molecule has 3 aromatic carbocycles. The highest BCUT2D eigenvalue weighted by Gasteiger charge is 2.13. The van der Waals surface area contributed by atoms with Gasteiger partial charge < -0.3 is 4.74 Å². The Balaban J connectivity index is 1.29. The Morgan fingerprint density at radius 3 is 2.06 bits per heavy atom. The zero-order valence-corrected chi connectivity index (χ0v) is 17.8. The standard InChI is InChI=1S/C24H20FN3O3S/c25-21-10-6-20(7-11-21)23-14-15-24(28-27-23)31-17-16-26-32(29,30)22-12-8-19(9-13-22)18-4-2-1-3-5-18/h1-15,26H,16-17H2. The molecule has 4 rings (SSSR count). The van der Waals surface area contributed by atoms with Crippen molar-refractivity contribution >= 4 is 10.0 Å². The fourth-order valence-electron chi connectivity index (χ4n) is 3.04. The SMILES string of the molecule is O=S(=O)(NCCOc1ccc(-c2ccc(F)cc2)nn1)c1ccc(-c2ccccc2)cc1. The highest BCUT2D eigenvalue weighted by Crippen LogP contribution is 2.21. The summed E-state index contributed by atoms with van der Waals surface area (Å²) in [5, 5.41) is 8.02. The summed E-state index contributed by atoms with van der Waals surface area (Å²) in [6.07, 6.45) is 0. The van der Waals surface area contributed by atoms with Crippen LogP contribution in [0.3, 0.4) is 0 Å². The van der Waals surface area contributed by atoms with Crippen LogP contribution in [0.4, 0.5) is 4.39 Å². The van der Waals surface area contributed by atoms with Crippen LogP contribution in [0.15, 0.2) is 95.9 Å². The van der Waals surface area contributed by atoms with E-state index in [0.717, 1.165) is 16.7 Å². The fourth-order valence-corrected chi connectivity index (χ4v) is 4.06. The lowest BCUT2D eigenvalue weighted by Crippen LogP contribution is -2.28. The van der Waals surface area contributed by atoms with Crippen LogP contribution in [0.25, 0.3) is 22.4 Å². The van der Waals surface area contributed by atoms with Gasteiger partial charge in [0.2, 0.25) is 15.9 Å². The number of nitrogens with one attached hydrogen (secondary N) is 1. The molecule has 162 valence electrons. The van der Waals surface area contributed by atoms with Crippen molar-refractivity contribution in [3.05, 3.63) is 96.8 Å². The predicted molar refractivity (Wildman–Crippen MR) is 120 cm³/mol. The molecule has 1 heterocycles. The van der Waals surface area contributed by atoms with Gasteiger partial charge in [-0.05, 0) is 53.6 Å². The second kappa shape index (κ2) is 9.67. The molecule has 0 bridgehead atoms. The molecule has 6 nitrogen and oxygen atoms in total. The van der Waals surface area contributed by atoms with E-state index in [9.17, 15) is 12.8 Å². The van der Waals surface area contributed by atoms with Crippen molar-refractivity contribution in [1.82, 2.24) is 14.9 Å².